The average Bonchev–Trinajstić information content (AvgIpc) is 2.46. The molecule has 4 heteroatoms. The molecule has 0 aliphatic heterocycles. The smallest absolute Gasteiger partial charge is 0.129 e. The number of rotatable bonds is 2. The molecular formula is C17H14BrFN2. The van der Waals surface area contributed by atoms with E-state index in [1.165, 1.54) is 6.07 Å². The van der Waals surface area contributed by atoms with E-state index in [0.29, 0.717) is 10.0 Å². The lowest BCUT2D eigenvalue weighted by molar-refractivity contribution is 0.598. The van der Waals surface area contributed by atoms with E-state index in [9.17, 15) is 4.39 Å². The molecular weight excluding hydrogens is 331 g/mol. The van der Waals surface area contributed by atoms with Crippen molar-refractivity contribution >= 4 is 26.8 Å². The van der Waals surface area contributed by atoms with Gasteiger partial charge in [-0.2, -0.15) is 0 Å². The van der Waals surface area contributed by atoms with Crippen molar-refractivity contribution in [1.29, 1.82) is 0 Å². The van der Waals surface area contributed by atoms with E-state index in [1.54, 1.807) is 12.1 Å². The van der Waals surface area contributed by atoms with Gasteiger partial charge in [-0.25, -0.2) is 4.39 Å². The monoisotopic (exact) mass is 344 g/mol. The van der Waals surface area contributed by atoms with Crippen LogP contribution in [0.3, 0.4) is 0 Å². The Morgan fingerprint density at radius 3 is 2.71 bits per heavy atom. The molecule has 106 valence electrons. The third-order valence-electron chi connectivity index (χ3n) is 3.52. The summed E-state index contributed by atoms with van der Waals surface area (Å²) in [4.78, 5) is 4.46. The van der Waals surface area contributed by atoms with Gasteiger partial charge in [-0.3, -0.25) is 4.98 Å². The molecule has 0 aliphatic carbocycles. The van der Waals surface area contributed by atoms with Gasteiger partial charge in [-0.1, -0.05) is 34.1 Å². The topological polar surface area (TPSA) is 38.9 Å². The molecule has 0 amide bonds. The molecule has 1 aromatic heterocycles. The molecule has 0 saturated heterocycles. The highest BCUT2D eigenvalue weighted by atomic mass is 79.9. The average molecular weight is 345 g/mol. The maximum atomic E-state index is 14.0. The van der Waals surface area contributed by atoms with E-state index in [1.807, 2.05) is 37.3 Å². The molecule has 1 unspecified atom stereocenters. The first-order valence-electron chi connectivity index (χ1n) is 6.63. The zero-order valence-corrected chi connectivity index (χ0v) is 13.1. The lowest BCUT2D eigenvalue weighted by Crippen LogP contribution is -2.14. The summed E-state index contributed by atoms with van der Waals surface area (Å²) >= 11 is 3.37. The number of hydrogen-bond donors (Lipinski definition) is 1. The highest BCUT2D eigenvalue weighted by Gasteiger charge is 2.17. The van der Waals surface area contributed by atoms with Crippen molar-refractivity contribution in [3.8, 4) is 0 Å². The second kappa shape index (κ2) is 5.54. The summed E-state index contributed by atoms with van der Waals surface area (Å²) < 4.78 is 14.7. The van der Waals surface area contributed by atoms with E-state index < -0.39 is 6.04 Å². The Kier molecular flexibility index (Phi) is 3.74. The van der Waals surface area contributed by atoms with Crippen molar-refractivity contribution in [2.24, 2.45) is 5.73 Å². The SMILES string of the molecule is Cc1ccc2cc(C(N)c3c(F)cccc3Br)ccc2n1. The quantitative estimate of drug-likeness (QED) is 0.743. The van der Waals surface area contributed by atoms with E-state index in [4.69, 9.17) is 5.73 Å². The van der Waals surface area contributed by atoms with Gasteiger partial charge < -0.3 is 5.73 Å². The molecule has 0 spiro atoms. The number of hydrogen-bond acceptors (Lipinski definition) is 2. The fourth-order valence-corrected chi connectivity index (χ4v) is 3.00. The summed E-state index contributed by atoms with van der Waals surface area (Å²) in [5.74, 6) is -0.306. The number of benzene rings is 2. The molecule has 2 N–H and O–H groups in total. The van der Waals surface area contributed by atoms with Crippen LogP contribution < -0.4 is 5.73 Å². The fraction of sp³-hybridized carbons (Fsp3) is 0.118. The highest BCUT2D eigenvalue weighted by molar-refractivity contribution is 9.10. The Hall–Kier alpha value is -1.78. The van der Waals surface area contributed by atoms with E-state index in [0.717, 1.165) is 22.2 Å². The number of fused-ring (bicyclic) bond motifs is 1. The van der Waals surface area contributed by atoms with E-state index in [2.05, 4.69) is 20.9 Å². The molecule has 0 aliphatic rings. The van der Waals surface area contributed by atoms with Gasteiger partial charge >= 0.3 is 0 Å². The van der Waals surface area contributed by atoms with Gasteiger partial charge in [-0.05, 0) is 42.8 Å². The largest absolute Gasteiger partial charge is 0.320 e. The summed E-state index contributed by atoms with van der Waals surface area (Å²) in [6.07, 6.45) is 0. The second-order valence-corrected chi connectivity index (χ2v) is 5.87. The van der Waals surface area contributed by atoms with E-state index in [-0.39, 0.29) is 5.82 Å². The van der Waals surface area contributed by atoms with Gasteiger partial charge in [-0.15, -0.1) is 0 Å². The standard InChI is InChI=1S/C17H14BrFN2/c1-10-5-6-11-9-12(7-8-15(11)21-10)17(20)16-13(18)3-2-4-14(16)19/h2-9,17H,20H2,1H3. The van der Waals surface area contributed by atoms with Crippen molar-refractivity contribution in [3.63, 3.8) is 0 Å². The summed E-state index contributed by atoms with van der Waals surface area (Å²) in [7, 11) is 0. The minimum absolute atomic E-state index is 0.306. The third kappa shape index (κ3) is 2.69. The number of aryl methyl sites for hydroxylation is 1. The summed E-state index contributed by atoms with van der Waals surface area (Å²) in [5, 5.41) is 1.00. The van der Waals surface area contributed by atoms with Crippen LogP contribution in [0.2, 0.25) is 0 Å². The zero-order chi connectivity index (χ0) is 15.0. The summed E-state index contributed by atoms with van der Waals surface area (Å²) in [5.41, 5.74) is 9.46. The maximum absolute atomic E-state index is 14.0. The van der Waals surface area contributed by atoms with Crippen molar-refractivity contribution in [1.82, 2.24) is 4.98 Å². The van der Waals surface area contributed by atoms with Crippen LogP contribution in [-0.4, -0.2) is 4.98 Å². The Morgan fingerprint density at radius 1 is 1.14 bits per heavy atom. The van der Waals surface area contributed by atoms with Crippen molar-refractivity contribution in [2.75, 3.05) is 0 Å². The second-order valence-electron chi connectivity index (χ2n) is 5.02. The van der Waals surface area contributed by atoms with Crippen LogP contribution in [0, 0.1) is 12.7 Å². The minimum atomic E-state index is -0.522. The van der Waals surface area contributed by atoms with Crippen molar-refractivity contribution in [2.45, 2.75) is 13.0 Å². The molecule has 0 fully saturated rings. The lowest BCUT2D eigenvalue weighted by Gasteiger charge is -2.16. The third-order valence-corrected chi connectivity index (χ3v) is 4.21. The van der Waals surface area contributed by atoms with E-state index >= 15 is 0 Å². The molecule has 21 heavy (non-hydrogen) atoms. The molecule has 0 saturated carbocycles. The Balaban J connectivity index is 2.09. The zero-order valence-electron chi connectivity index (χ0n) is 11.5. The normalized spacial score (nSPS) is 12.6. The van der Waals surface area contributed by atoms with Gasteiger partial charge in [0, 0.05) is 21.1 Å². The fourth-order valence-electron chi connectivity index (χ4n) is 2.41. The van der Waals surface area contributed by atoms with Crippen LogP contribution >= 0.6 is 15.9 Å². The number of nitrogens with zero attached hydrogens (tertiary/aromatic N) is 1. The van der Waals surface area contributed by atoms with Gasteiger partial charge in [0.05, 0.1) is 11.6 Å². The molecule has 3 rings (SSSR count). The predicted octanol–water partition coefficient (Wildman–Crippen LogP) is 4.49. The number of nitrogens with two attached hydrogens (primary N) is 1. The van der Waals surface area contributed by atoms with Gasteiger partial charge in [0.1, 0.15) is 5.82 Å². The summed E-state index contributed by atoms with van der Waals surface area (Å²) in [6, 6.07) is 14.1. The molecule has 0 radical (unpaired) electrons. The molecule has 0 bridgehead atoms. The molecule has 2 nitrogen and oxygen atoms in total. The van der Waals surface area contributed by atoms with Crippen LogP contribution in [0.1, 0.15) is 22.9 Å². The Bertz CT molecular complexity index is 797. The van der Waals surface area contributed by atoms with Gasteiger partial charge in [0.15, 0.2) is 0 Å². The van der Waals surface area contributed by atoms with Crippen LogP contribution in [0.15, 0.2) is 53.0 Å². The Morgan fingerprint density at radius 2 is 1.95 bits per heavy atom. The molecule has 2 aromatic carbocycles. The van der Waals surface area contributed by atoms with Crippen molar-refractivity contribution in [3.05, 3.63) is 75.6 Å². The first-order valence-corrected chi connectivity index (χ1v) is 7.42. The molecule has 1 atom stereocenters. The Labute approximate surface area is 130 Å². The number of halogens is 2. The van der Waals surface area contributed by atoms with Crippen LogP contribution in [0.4, 0.5) is 4.39 Å². The van der Waals surface area contributed by atoms with Crippen LogP contribution in [0.5, 0.6) is 0 Å². The van der Waals surface area contributed by atoms with Gasteiger partial charge in [0.25, 0.3) is 0 Å². The minimum Gasteiger partial charge on any atom is -0.320 e. The first kappa shape index (κ1) is 14.2. The highest BCUT2D eigenvalue weighted by Crippen LogP contribution is 2.30. The maximum Gasteiger partial charge on any atom is 0.129 e. The number of pyridine rings is 1. The van der Waals surface area contributed by atoms with Crippen LogP contribution in [-0.2, 0) is 0 Å². The van der Waals surface area contributed by atoms with Crippen LogP contribution in [0.25, 0.3) is 10.9 Å². The van der Waals surface area contributed by atoms with Gasteiger partial charge in [0.2, 0.25) is 0 Å². The summed E-state index contributed by atoms with van der Waals surface area (Å²) in [6.45, 7) is 1.95. The predicted molar refractivity (Wildman–Crippen MR) is 86.6 cm³/mol. The molecule has 3 aromatic rings. The molecule has 1 heterocycles. The lowest BCUT2D eigenvalue weighted by atomic mass is 9.97. The first-order chi connectivity index (χ1) is 10.1. The number of aromatic nitrogens is 1. The van der Waals surface area contributed by atoms with Crippen molar-refractivity contribution < 1.29 is 4.39 Å².